The van der Waals surface area contributed by atoms with Crippen molar-refractivity contribution in [3.05, 3.63) is 95.2 Å². The summed E-state index contributed by atoms with van der Waals surface area (Å²) >= 11 is 0. The molecule has 0 bridgehead atoms. The Balaban J connectivity index is 0.000000815. The molecule has 190 valence electrons. The molecule has 1 fully saturated rings. The number of allylic oxidation sites excluding steroid dienone is 3. The lowest BCUT2D eigenvalue weighted by molar-refractivity contribution is 0.117. The molecular formula is C33H48N2. The molecule has 0 saturated carbocycles. The predicted octanol–water partition coefficient (Wildman–Crippen LogP) is 8.19. The molecule has 35 heavy (non-hydrogen) atoms. The fourth-order valence-electron chi connectivity index (χ4n) is 5.79. The minimum atomic E-state index is 0.609. The molecule has 2 nitrogen and oxygen atoms in total. The third-order valence-electron chi connectivity index (χ3n) is 7.46. The zero-order chi connectivity index (χ0) is 24.9. The van der Waals surface area contributed by atoms with Gasteiger partial charge in [0.25, 0.3) is 0 Å². The van der Waals surface area contributed by atoms with Crippen LogP contribution in [0.5, 0.6) is 0 Å². The Kier molecular flexibility index (Phi) is 11.6. The van der Waals surface area contributed by atoms with Gasteiger partial charge in [-0.25, -0.2) is 0 Å². The van der Waals surface area contributed by atoms with Gasteiger partial charge in [-0.2, -0.15) is 0 Å². The van der Waals surface area contributed by atoms with Crippen LogP contribution in [0.25, 0.3) is 0 Å². The second-order valence-corrected chi connectivity index (χ2v) is 9.53. The topological polar surface area (TPSA) is 6.48 Å². The zero-order valence-corrected chi connectivity index (χ0v) is 22.8. The van der Waals surface area contributed by atoms with Crippen molar-refractivity contribution < 1.29 is 0 Å². The Hall–Kier alpha value is -2.32. The van der Waals surface area contributed by atoms with Crippen molar-refractivity contribution in [2.24, 2.45) is 0 Å². The van der Waals surface area contributed by atoms with Crippen molar-refractivity contribution in [2.45, 2.75) is 97.7 Å². The van der Waals surface area contributed by atoms with Crippen molar-refractivity contribution in [3.63, 3.8) is 0 Å². The predicted molar refractivity (Wildman–Crippen MR) is 153 cm³/mol. The quantitative estimate of drug-likeness (QED) is 0.401. The second-order valence-electron chi connectivity index (χ2n) is 9.53. The van der Waals surface area contributed by atoms with E-state index >= 15 is 0 Å². The number of hydrogen-bond acceptors (Lipinski definition) is 2. The lowest BCUT2D eigenvalue weighted by atomic mass is 9.97. The summed E-state index contributed by atoms with van der Waals surface area (Å²) < 4.78 is 0. The van der Waals surface area contributed by atoms with Crippen molar-refractivity contribution in [3.8, 4) is 0 Å². The van der Waals surface area contributed by atoms with E-state index in [4.69, 9.17) is 0 Å². The number of likely N-dealkylation sites (tertiary alicyclic amines) is 1. The molecule has 1 unspecified atom stereocenters. The molecule has 2 aromatic carbocycles. The first-order valence-corrected chi connectivity index (χ1v) is 14.3. The van der Waals surface area contributed by atoms with E-state index < -0.39 is 0 Å². The molecule has 2 aliphatic carbocycles. The van der Waals surface area contributed by atoms with Crippen molar-refractivity contribution in [2.75, 3.05) is 13.1 Å². The number of piperidine rings is 1. The Bertz CT molecular complexity index is 889. The van der Waals surface area contributed by atoms with Gasteiger partial charge in [-0.15, -0.1) is 0 Å². The third kappa shape index (κ3) is 7.58. The third-order valence-corrected chi connectivity index (χ3v) is 7.46. The Morgan fingerprint density at radius 3 is 2.17 bits per heavy atom. The number of hydrogen-bond donors (Lipinski definition) is 0. The number of rotatable bonds is 7. The summed E-state index contributed by atoms with van der Waals surface area (Å²) in [6.45, 7) is 11.5. The standard InChI is InChI=1S/C29H36N2.2C2H6/c1-3-11-24(12-4-1)23-30-19-10-9-15-27(30)18-20-31(28-16-5-2-6-17-28)29-21-25-13-7-8-14-26(25)22-29;2*1-2/h1,3-5,7-8,11-14,16-17,27,29H,2,6,9-10,15,18-23H2;2*1-2H3. The molecule has 5 rings (SSSR count). The minimum Gasteiger partial charge on any atom is -0.368 e. The molecule has 0 N–H and O–H groups in total. The molecule has 0 radical (unpaired) electrons. The molecule has 1 saturated heterocycles. The number of fused-ring (bicyclic) bond motifs is 1. The molecule has 2 heteroatoms. The van der Waals surface area contributed by atoms with Crippen molar-refractivity contribution >= 4 is 0 Å². The van der Waals surface area contributed by atoms with Gasteiger partial charge in [0.05, 0.1) is 0 Å². The molecular weight excluding hydrogens is 424 g/mol. The summed E-state index contributed by atoms with van der Waals surface area (Å²) in [7, 11) is 0. The van der Waals surface area contributed by atoms with Gasteiger partial charge in [0.1, 0.15) is 0 Å². The molecule has 2 aromatic rings. The molecule has 1 atom stereocenters. The summed E-state index contributed by atoms with van der Waals surface area (Å²) in [5.41, 5.74) is 6.03. The first kappa shape index (κ1) is 27.3. The van der Waals surface area contributed by atoms with Gasteiger partial charge in [0, 0.05) is 30.9 Å². The molecule has 1 heterocycles. The Morgan fingerprint density at radius 1 is 0.829 bits per heavy atom. The molecule has 0 spiro atoms. The van der Waals surface area contributed by atoms with Gasteiger partial charge in [0.2, 0.25) is 0 Å². The summed E-state index contributed by atoms with van der Waals surface area (Å²) in [6, 6.07) is 21.4. The largest absolute Gasteiger partial charge is 0.368 e. The van der Waals surface area contributed by atoms with E-state index in [1.165, 1.54) is 75.7 Å². The lowest BCUT2D eigenvalue weighted by Gasteiger charge is -2.39. The van der Waals surface area contributed by atoms with E-state index in [1.54, 1.807) is 11.1 Å². The first-order chi connectivity index (χ1) is 17.4. The summed E-state index contributed by atoms with van der Waals surface area (Å²) in [4.78, 5) is 5.51. The summed E-state index contributed by atoms with van der Waals surface area (Å²) in [5.74, 6) is 0. The molecule has 0 aromatic heterocycles. The number of nitrogens with zero attached hydrogens (tertiary/aromatic N) is 2. The van der Waals surface area contributed by atoms with Crippen LogP contribution in [0.4, 0.5) is 0 Å². The highest BCUT2D eigenvalue weighted by molar-refractivity contribution is 5.35. The van der Waals surface area contributed by atoms with Crippen LogP contribution in [-0.2, 0) is 19.4 Å². The smallest absolute Gasteiger partial charge is 0.0370 e. The van der Waals surface area contributed by atoms with E-state index in [9.17, 15) is 0 Å². The normalized spacial score (nSPS) is 19.5. The first-order valence-electron chi connectivity index (χ1n) is 14.3. The van der Waals surface area contributed by atoms with Crippen LogP contribution in [0.2, 0.25) is 0 Å². The SMILES string of the molecule is C1=CC(N(CCC2CCCCN2Cc2ccccc2)C2Cc3ccccc3C2)=CCC1.CC.CC. The summed E-state index contributed by atoms with van der Waals surface area (Å²) in [5, 5.41) is 0. The highest BCUT2D eigenvalue weighted by Crippen LogP contribution is 2.30. The number of benzene rings is 2. The van der Waals surface area contributed by atoms with E-state index in [0.717, 1.165) is 6.54 Å². The molecule has 0 amide bonds. The molecule has 3 aliphatic rings. The van der Waals surface area contributed by atoms with E-state index in [0.29, 0.717) is 12.1 Å². The van der Waals surface area contributed by atoms with Crippen LogP contribution in [0.15, 0.2) is 78.5 Å². The van der Waals surface area contributed by atoms with Gasteiger partial charge < -0.3 is 4.90 Å². The van der Waals surface area contributed by atoms with Gasteiger partial charge in [-0.05, 0) is 74.3 Å². The van der Waals surface area contributed by atoms with Crippen LogP contribution in [0, 0.1) is 0 Å². The van der Waals surface area contributed by atoms with Crippen LogP contribution < -0.4 is 0 Å². The van der Waals surface area contributed by atoms with Gasteiger partial charge in [0.15, 0.2) is 0 Å². The maximum Gasteiger partial charge on any atom is 0.0370 e. The Labute approximate surface area is 215 Å². The fraction of sp³-hybridized carbons (Fsp3) is 0.515. The van der Waals surface area contributed by atoms with Crippen LogP contribution in [0.3, 0.4) is 0 Å². The zero-order valence-electron chi connectivity index (χ0n) is 22.8. The highest BCUT2D eigenvalue weighted by atomic mass is 15.2. The average Bonchev–Trinajstić information content (AvgIpc) is 3.37. The monoisotopic (exact) mass is 472 g/mol. The van der Waals surface area contributed by atoms with Crippen LogP contribution in [-0.4, -0.2) is 35.0 Å². The maximum absolute atomic E-state index is 2.76. The van der Waals surface area contributed by atoms with E-state index in [2.05, 4.69) is 82.6 Å². The highest BCUT2D eigenvalue weighted by Gasteiger charge is 2.29. The molecule has 1 aliphatic heterocycles. The maximum atomic E-state index is 2.76. The van der Waals surface area contributed by atoms with Gasteiger partial charge in [-0.1, -0.05) is 101 Å². The van der Waals surface area contributed by atoms with Crippen LogP contribution in [0.1, 0.15) is 82.9 Å². The van der Waals surface area contributed by atoms with Crippen molar-refractivity contribution in [1.82, 2.24) is 9.80 Å². The second kappa shape index (κ2) is 14.9. The summed E-state index contributed by atoms with van der Waals surface area (Å²) in [6.07, 6.45) is 17.3. The van der Waals surface area contributed by atoms with Crippen LogP contribution >= 0.6 is 0 Å². The average molecular weight is 473 g/mol. The van der Waals surface area contributed by atoms with E-state index in [-0.39, 0.29) is 0 Å². The van der Waals surface area contributed by atoms with Gasteiger partial charge in [-0.3, -0.25) is 4.90 Å². The van der Waals surface area contributed by atoms with Gasteiger partial charge >= 0.3 is 0 Å². The Morgan fingerprint density at radius 2 is 1.51 bits per heavy atom. The minimum absolute atomic E-state index is 0.609. The fourth-order valence-corrected chi connectivity index (χ4v) is 5.79. The van der Waals surface area contributed by atoms with Crippen molar-refractivity contribution in [1.29, 1.82) is 0 Å². The van der Waals surface area contributed by atoms with E-state index in [1.807, 2.05) is 27.7 Å². The lowest BCUT2D eigenvalue weighted by Crippen LogP contribution is -2.43.